The summed E-state index contributed by atoms with van der Waals surface area (Å²) in [5.74, 6) is 3.28. The molecule has 1 unspecified atom stereocenters. The molecule has 0 radical (unpaired) electrons. The first-order chi connectivity index (χ1) is 10.7. The maximum absolute atomic E-state index is 10.6. The standard InChI is InChI=1S/C19H28O3/c1-4-6-7-8-10-15-11-12-18(22-15)19(20)16-13-14(3)21-17(16)9-5-2/h11-13,19-20H,4-10H2,1-3H3. The summed E-state index contributed by atoms with van der Waals surface area (Å²) in [5, 5.41) is 10.6. The molecular formula is C19H28O3. The Balaban J connectivity index is 2.03. The molecule has 3 nitrogen and oxygen atoms in total. The third-order valence-corrected chi connectivity index (χ3v) is 3.97. The number of hydrogen-bond donors (Lipinski definition) is 1. The fourth-order valence-electron chi connectivity index (χ4n) is 2.79. The Kier molecular flexibility index (Phi) is 6.32. The lowest BCUT2D eigenvalue weighted by molar-refractivity contribution is 0.184. The van der Waals surface area contributed by atoms with Crippen LogP contribution in [0.4, 0.5) is 0 Å². The summed E-state index contributed by atoms with van der Waals surface area (Å²) in [7, 11) is 0. The molecule has 0 saturated heterocycles. The lowest BCUT2D eigenvalue weighted by Gasteiger charge is -2.08. The molecule has 22 heavy (non-hydrogen) atoms. The van der Waals surface area contributed by atoms with Crippen LogP contribution in [-0.4, -0.2) is 5.11 Å². The van der Waals surface area contributed by atoms with Crippen molar-refractivity contribution in [1.82, 2.24) is 0 Å². The minimum Gasteiger partial charge on any atom is -0.466 e. The smallest absolute Gasteiger partial charge is 0.140 e. The number of hydrogen-bond acceptors (Lipinski definition) is 3. The van der Waals surface area contributed by atoms with E-state index in [1.807, 2.05) is 25.1 Å². The molecule has 2 aromatic heterocycles. The zero-order chi connectivity index (χ0) is 15.9. The molecule has 0 spiro atoms. The minimum absolute atomic E-state index is 0.614. The maximum atomic E-state index is 10.6. The largest absolute Gasteiger partial charge is 0.466 e. The van der Waals surface area contributed by atoms with E-state index in [0.717, 1.165) is 48.5 Å². The van der Waals surface area contributed by atoms with Gasteiger partial charge in [-0.3, -0.25) is 0 Å². The summed E-state index contributed by atoms with van der Waals surface area (Å²) in [5.41, 5.74) is 0.839. The molecule has 3 heteroatoms. The van der Waals surface area contributed by atoms with Gasteiger partial charge in [0.2, 0.25) is 0 Å². The predicted molar refractivity (Wildman–Crippen MR) is 88.1 cm³/mol. The second kappa shape index (κ2) is 8.23. The van der Waals surface area contributed by atoms with Gasteiger partial charge in [0.25, 0.3) is 0 Å². The molecule has 2 rings (SSSR count). The molecule has 1 N–H and O–H groups in total. The second-order valence-electron chi connectivity index (χ2n) is 6.00. The van der Waals surface area contributed by atoms with Crippen molar-refractivity contribution in [3.05, 3.63) is 46.8 Å². The fourth-order valence-corrected chi connectivity index (χ4v) is 2.79. The molecule has 2 heterocycles. The molecule has 122 valence electrons. The zero-order valence-corrected chi connectivity index (χ0v) is 14.0. The first kappa shape index (κ1) is 16.9. The molecule has 2 aromatic rings. The van der Waals surface area contributed by atoms with E-state index in [-0.39, 0.29) is 0 Å². The molecule has 0 aliphatic rings. The van der Waals surface area contributed by atoms with Crippen molar-refractivity contribution in [1.29, 1.82) is 0 Å². The van der Waals surface area contributed by atoms with Gasteiger partial charge in [-0.25, -0.2) is 0 Å². The second-order valence-corrected chi connectivity index (χ2v) is 6.00. The van der Waals surface area contributed by atoms with E-state index >= 15 is 0 Å². The van der Waals surface area contributed by atoms with Crippen LogP contribution >= 0.6 is 0 Å². The van der Waals surface area contributed by atoms with Gasteiger partial charge in [-0.05, 0) is 38.0 Å². The van der Waals surface area contributed by atoms with Crippen LogP contribution < -0.4 is 0 Å². The molecule has 0 saturated carbocycles. The average molecular weight is 304 g/mol. The third-order valence-electron chi connectivity index (χ3n) is 3.97. The summed E-state index contributed by atoms with van der Waals surface area (Å²) >= 11 is 0. The number of aryl methyl sites for hydroxylation is 3. The predicted octanol–water partition coefficient (Wildman–Crippen LogP) is 5.34. The van der Waals surface area contributed by atoms with Gasteiger partial charge in [0.15, 0.2) is 0 Å². The van der Waals surface area contributed by atoms with E-state index in [0.29, 0.717) is 5.76 Å². The highest BCUT2D eigenvalue weighted by Gasteiger charge is 2.21. The Morgan fingerprint density at radius 1 is 1.00 bits per heavy atom. The minimum atomic E-state index is -0.733. The topological polar surface area (TPSA) is 46.5 Å². The van der Waals surface area contributed by atoms with Gasteiger partial charge in [0.1, 0.15) is 29.1 Å². The van der Waals surface area contributed by atoms with Crippen molar-refractivity contribution in [3.8, 4) is 0 Å². The van der Waals surface area contributed by atoms with Gasteiger partial charge in [-0.2, -0.15) is 0 Å². The van der Waals surface area contributed by atoms with Gasteiger partial charge < -0.3 is 13.9 Å². The lowest BCUT2D eigenvalue weighted by Crippen LogP contribution is -2.00. The Labute approximate surface area is 133 Å². The molecular weight excluding hydrogens is 276 g/mol. The SMILES string of the molecule is CCCCCCc1ccc(C(O)c2cc(C)oc2CCC)o1. The van der Waals surface area contributed by atoms with Crippen LogP contribution in [0, 0.1) is 6.92 Å². The fraction of sp³-hybridized carbons (Fsp3) is 0.579. The van der Waals surface area contributed by atoms with Crippen molar-refractivity contribution >= 4 is 0 Å². The Bertz CT molecular complexity index is 565. The van der Waals surface area contributed by atoms with Crippen LogP contribution in [0.5, 0.6) is 0 Å². The Morgan fingerprint density at radius 3 is 2.55 bits per heavy atom. The van der Waals surface area contributed by atoms with Gasteiger partial charge in [-0.15, -0.1) is 0 Å². The molecule has 0 aliphatic carbocycles. The maximum Gasteiger partial charge on any atom is 0.140 e. The van der Waals surface area contributed by atoms with Gasteiger partial charge in [0, 0.05) is 18.4 Å². The van der Waals surface area contributed by atoms with Gasteiger partial charge in [-0.1, -0.05) is 33.1 Å². The van der Waals surface area contributed by atoms with E-state index in [2.05, 4.69) is 13.8 Å². The van der Waals surface area contributed by atoms with E-state index in [9.17, 15) is 5.11 Å². The van der Waals surface area contributed by atoms with Crippen molar-refractivity contribution in [2.45, 2.75) is 71.8 Å². The monoisotopic (exact) mass is 304 g/mol. The van der Waals surface area contributed by atoms with Gasteiger partial charge in [0.05, 0.1) is 0 Å². The van der Waals surface area contributed by atoms with E-state index in [1.165, 1.54) is 19.3 Å². The summed E-state index contributed by atoms with van der Waals surface area (Å²) < 4.78 is 11.5. The van der Waals surface area contributed by atoms with Gasteiger partial charge >= 0.3 is 0 Å². The zero-order valence-electron chi connectivity index (χ0n) is 14.0. The number of unbranched alkanes of at least 4 members (excludes halogenated alkanes) is 3. The Morgan fingerprint density at radius 2 is 1.82 bits per heavy atom. The van der Waals surface area contributed by atoms with Crippen LogP contribution in [0.15, 0.2) is 27.0 Å². The molecule has 0 aromatic carbocycles. The van der Waals surface area contributed by atoms with Crippen LogP contribution in [-0.2, 0) is 12.8 Å². The first-order valence-corrected chi connectivity index (χ1v) is 8.51. The van der Waals surface area contributed by atoms with Crippen molar-refractivity contribution in [3.63, 3.8) is 0 Å². The number of aliphatic hydroxyl groups excluding tert-OH is 1. The first-order valence-electron chi connectivity index (χ1n) is 8.51. The van der Waals surface area contributed by atoms with Crippen molar-refractivity contribution in [2.75, 3.05) is 0 Å². The third kappa shape index (κ3) is 4.26. The quantitative estimate of drug-likeness (QED) is 0.636. The summed E-state index contributed by atoms with van der Waals surface area (Å²) in [4.78, 5) is 0. The molecule has 0 aliphatic heterocycles. The van der Waals surface area contributed by atoms with Crippen LogP contribution in [0.1, 0.15) is 80.7 Å². The molecule has 0 fully saturated rings. The highest BCUT2D eigenvalue weighted by molar-refractivity contribution is 5.30. The molecule has 1 atom stereocenters. The molecule has 0 amide bonds. The normalized spacial score (nSPS) is 12.7. The summed E-state index contributed by atoms with van der Waals surface area (Å²) in [6, 6.07) is 5.79. The summed E-state index contributed by atoms with van der Waals surface area (Å²) in [6.45, 7) is 6.23. The Hall–Kier alpha value is -1.48. The van der Waals surface area contributed by atoms with E-state index in [1.54, 1.807) is 0 Å². The van der Waals surface area contributed by atoms with Crippen LogP contribution in [0.25, 0.3) is 0 Å². The van der Waals surface area contributed by atoms with Crippen LogP contribution in [0.3, 0.4) is 0 Å². The summed E-state index contributed by atoms with van der Waals surface area (Å²) in [6.07, 6.45) is 6.92. The number of furan rings is 2. The van der Waals surface area contributed by atoms with E-state index < -0.39 is 6.10 Å². The highest BCUT2D eigenvalue weighted by Crippen LogP contribution is 2.30. The van der Waals surface area contributed by atoms with Crippen molar-refractivity contribution < 1.29 is 13.9 Å². The molecule has 0 bridgehead atoms. The van der Waals surface area contributed by atoms with Crippen LogP contribution in [0.2, 0.25) is 0 Å². The van der Waals surface area contributed by atoms with E-state index in [4.69, 9.17) is 8.83 Å². The number of rotatable bonds is 9. The average Bonchev–Trinajstić information content (AvgIpc) is 3.10. The van der Waals surface area contributed by atoms with Crippen molar-refractivity contribution in [2.24, 2.45) is 0 Å². The highest BCUT2D eigenvalue weighted by atomic mass is 16.4. The number of aliphatic hydroxyl groups is 1. The lowest BCUT2D eigenvalue weighted by atomic mass is 10.1.